The first-order chi connectivity index (χ1) is 17.6. The van der Waals surface area contributed by atoms with Crippen molar-refractivity contribution in [1.82, 2.24) is 14.7 Å². The zero-order valence-corrected chi connectivity index (χ0v) is 20.4. The molecule has 2 amide bonds. The van der Waals surface area contributed by atoms with Crippen LogP contribution in [-0.2, 0) is 4.84 Å². The maximum absolute atomic E-state index is 12.5. The summed E-state index contributed by atoms with van der Waals surface area (Å²) in [5, 5.41) is 17.4. The number of ether oxygens (including phenoxy) is 1. The topological polar surface area (TPSA) is 109 Å². The van der Waals surface area contributed by atoms with Gasteiger partial charge in [0.15, 0.2) is 0 Å². The van der Waals surface area contributed by atoms with Gasteiger partial charge in [-0.15, -0.1) is 0 Å². The summed E-state index contributed by atoms with van der Waals surface area (Å²) < 4.78 is 45.1. The fourth-order valence-electron chi connectivity index (χ4n) is 3.74. The fraction of sp³-hybridized carbons (Fsp3) is 0.400. The monoisotopic (exact) mass is 519 g/mol. The Morgan fingerprint density at radius 1 is 1.27 bits per heavy atom. The van der Waals surface area contributed by atoms with Crippen LogP contribution in [0.25, 0.3) is 16.9 Å². The van der Waals surface area contributed by atoms with Crippen LogP contribution in [0.3, 0.4) is 0 Å². The van der Waals surface area contributed by atoms with Crippen LogP contribution in [0.4, 0.5) is 23.7 Å². The first kappa shape index (κ1) is 26.3. The molecule has 12 heteroatoms. The van der Waals surface area contributed by atoms with Gasteiger partial charge in [0, 0.05) is 35.0 Å². The number of rotatable bonds is 10. The fourth-order valence-corrected chi connectivity index (χ4v) is 3.74. The maximum atomic E-state index is 12.5. The molecule has 2 heterocycles. The molecule has 0 saturated heterocycles. The van der Waals surface area contributed by atoms with Crippen molar-refractivity contribution < 1.29 is 32.6 Å². The number of nitrogens with zero attached hydrogens (tertiary/aromatic N) is 3. The molecule has 0 atom stereocenters. The van der Waals surface area contributed by atoms with Gasteiger partial charge in [-0.25, -0.2) is 9.78 Å². The largest absolute Gasteiger partial charge is 0.491 e. The number of hydrogen-bond donors (Lipinski definition) is 3. The summed E-state index contributed by atoms with van der Waals surface area (Å²) in [5.41, 5.74) is 3.93. The summed E-state index contributed by atoms with van der Waals surface area (Å²) in [6, 6.07) is 7.76. The minimum Gasteiger partial charge on any atom is -0.491 e. The number of alkyl halides is 3. The lowest BCUT2D eigenvalue weighted by atomic mass is 10.1. The Morgan fingerprint density at radius 2 is 2.05 bits per heavy atom. The molecule has 3 N–H and O–H groups in total. The number of aromatic nitrogens is 2. The summed E-state index contributed by atoms with van der Waals surface area (Å²) >= 11 is 0. The number of fused-ring (bicyclic) bond motifs is 1. The summed E-state index contributed by atoms with van der Waals surface area (Å²) in [7, 11) is 0. The van der Waals surface area contributed by atoms with Crippen molar-refractivity contribution in [1.29, 1.82) is 0 Å². The third-order valence-corrected chi connectivity index (χ3v) is 5.40. The van der Waals surface area contributed by atoms with Crippen LogP contribution in [0, 0.1) is 5.92 Å². The standard InChI is InChI=1S/C25H28F3N5O4/c1-15(2)37-20-10-18(9-19(12-20)31-24(35)30-14-25(26,27)28)21-13-29-22-11-17(5-6-33(21)22)23(16-3-4-16)32-36-8-7-34/h5-6,9-13,15-16,34H,3-4,7-8,14H2,1-2H3,(H2,30,31,35)/b32-23+. The summed E-state index contributed by atoms with van der Waals surface area (Å²) in [6.07, 6.45) is 0.852. The number of nitrogens with one attached hydrogen (secondary N) is 2. The van der Waals surface area contributed by atoms with E-state index in [0.29, 0.717) is 28.6 Å². The van der Waals surface area contributed by atoms with Gasteiger partial charge in [-0.1, -0.05) is 5.16 Å². The lowest BCUT2D eigenvalue weighted by molar-refractivity contribution is -0.122. The van der Waals surface area contributed by atoms with E-state index in [1.54, 1.807) is 29.7 Å². The molecule has 9 nitrogen and oxygen atoms in total. The molecule has 1 saturated carbocycles. The summed E-state index contributed by atoms with van der Waals surface area (Å²) in [4.78, 5) is 21.8. The molecule has 2 aromatic heterocycles. The van der Waals surface area contributed by atoms with Crippen LogP contribution in [0.15, 0.2) is 47.9 Å². The van der Waals surface area contributed by atoms with Crippen LogP contribution in [0.1, 0.15) is 32.3 Å². The van der Waals surface area contributed by atoms with E-state index in [4.69, 9.17) is 14.7 Å². The number of amides is 2. The lowest BCUT2D eigenvalue weighted by Crippen LogP contribution is -2.36. The predicted octanol–water partition coefficient (Wildman–Crippen LogP) is 4.60. The van der Waals surface area contributed by atoms with E-state index in [0.717, 1.165) is 24.1 Å². The second-order valence-electron chi connectivity index (χ2n) is 8.93. The number of imidazole rings is 1. The van der Waals surface area contributed by atoms with E-state index in [1.165, 1.54) is 0 Å². The van der Waals surface area contributed by atoms with E-state index < -0.39 is 18.8 Å². The number of aliphatic hydroxyl groups excluding tert-OH is 1. The number of oxime groups is 1. The number of anilines is 1. The van der Waals surface area contributed by atoms with Crippen LogP contribution < -0.4 is 15.4 Å². The molecule has 3 aromatic rings. The Balaban J connectivity index is 1.64. The SMILES string of the molecule is CC(C)Oc1cc(NC(=O)NCC(F)(F)F)cc(-c2cnc3cc(/C(=N/OCCO)C4CC4)ccn23)c1. The summed E-state index contributed by atoms with van der Waals surface area (Å²) in [5.74, 6) is 0.743. The Bertz CT molecular complexity index is 1290. The number of carbonyl (C=O) groups is 1. The third kappa shape index (κ3) is 7.13. The van der Waals surface area contributed by atoms with E-state index in [1.807, 2.05) is 36.6 Å². The first-order valence-electron chi connectivity index (χ1n) is 11.8. The Hall–Kier alpha value is -3.80. The normalized spacial score (nSPS) is 14.2. The number of urea groups is 1. The molecular formula is C25H28F3N5O4. The van der Waals surface area contributed by atoms with Gasteiger partial charge in [-0.2, -0.15) is 13.2 Å². The van der Waals surface area contributed by atoms with E-state index >= 15 is 0 Å². The minimum atomic E-state index is -4.52. The number of hydrogen-bond acceptors (Lipinski definition) is 6. The smallest absolute Gasteiger partial charge is 0.405 e. The Labute approximate surface area is 211 Å². The molecular weight excluding hydrogens is 491 g/mol. The van der Waals surface area contributed by atoms with Gasteiger partial charge in [-0.05, 0) is 51.0 Å². The van der Waals surface area contributed by atoms with Gasteiger partial charge in [0.2, 0.25) is 0 Å². The average Bonchev–Trinajstić information content (AvgIpc) is 3.57. The highest BCUT2D eigenvalue weighted by Crippen LogP contribution is 2.35. The molecule has 0 aliphatic heterocycles. The second kappa shape index (κ2) is 11.1. The van der Waals surface area contributed by atoms with Gasteiger partial charge in [-0.3, -0.25) is 4.40 Å². The van der Waals surface area contributed by atoms with Crippen molar-refractivity contribution >= 4 is 23.1 Å². The van der Waals surface area contributed by atoms with Crippen molar-refractivity contribution in [3.05, 3.63) is 48.3 Å². The molecule has 0 spiro atoms. The van der Waals surface area contributed by atoms with E-state index in [-0.39, 0.29) is 25.0 Å². The number of aliphatic hydroxyl groups is 1. The molecule has 4 rings (SSSR count). The molecule has 0 radical (unpaired) electrons. The quantitative estimate of drug-likeness (QED) is 0.206. The minimum absolute atomic E-state index is 0.116. The molecule has 0 unspecified atom stereocenters. The molecule has 1 fully saturated rings. The number of halogens is 3. The Kier molecular flexibility index (Phi) is 7.86. The second-order valence-corrected chi connectivity index (χ2v) is 8.93. The zero-order chi connectivity index (χ0) is 26.6. The van der Waals surface area contributed by atoms with Gasteiger partial charge in [0.05, 0.1) is 30.3 Å². The van der Waals surface area contributed by atoms with Crippen LogP contribution >= 0.6 is 0 Å². The van der Waals surface area contributed by atoms with Crippen molar-refractivity contribution in [3.63, 3.8) is 0 Å². The highest BCUT2D eigenvalue weighted by atomic mass is 19.4. The molecule has 37 heavy (non-hydrogen) atoms. The number of pyridine rings is 1. The summed E-state index contributed by atoms with van der Waals surface area (Å²) in [6.45, 7) is 2.24. The highest BCUT2D eigenvalue weighted by Gasteiger charge is 2.30. The van der Waals surface area contributed by atoms with Crippen LogP contribution in [-0.4, -0.2) is 58.3 Å². The highest BCUT2D eigenvalue weighted by molar-refractivity contribution is 6.04. The van der Waals surface area contributed by atoms with E-state index in [9.17, 15) is 18.0 Å². The lowest BCUT2D eigenvalue weighted by Gasteiger charge is -2.15. The number of benzene rings is 1. The van der Waals surface area contributed by atoms with Gasteiger partial charge >= 0.3 is 12.2 Å². The third-order valence-electron chi connectivity index (χ3n) is 5.40. The van der Waals surface area contributed by atoms with Crippen molar-refractivity contribution in [2.45, 2.75) is 39.0 Å². The predicted molar refractivity (Wildman–Crippen MR) is 132 cm³/mol. The van der Waals surface area contributed by atoms with Crippen molar-refractivity contribution in [2.24, 2.45) is 11.1 Å². The van der Waals surface area contributed by atoms with Crippen molar-refractivity contribution in [3.8, 4) is 17.0 Å². The van der Waals surface area contributed by atoms with Crippen LogP contribution in [0.5, 0.6) is 5.75 Å². The average molecular weight is 520 g/mol. The molecule has 1 aromatic carbocycles. The first-order valence-corrected chi connectivity index (χ1v) is 11.8. The molecule has 198 valence electrons. The van der Waals surface area contributed by atoms with Gasteiger partial charge < -0.3 is 25.3 Å². The van der Waals surface area contributed by atoms with Gasteiger partial charge in [0.1, 0.15) is 24.5 Å². The Morgan fingerprint density at radius 3 is 2.73 bits per heavy atom. The molecule has 1 aliphatic rings. The van der Waals surface area contributed by atoms with E-state index in [2.05, 4.69) is 15.5 Å². The zero-order valence-electron chi connectivity index (χ0n) is 20.4. The number of carbonyl (C=O) groups excluding carboxylic acids is 1. The maximum Gasteiger partial charge on any atom is 0.405 e. The molecule has 0 bridgehead atoms. The van der Waals surface area contributed by atoms with Crippen LogP contribution in [0.2, 0.25) is 0 Å². The van der Waals surface area contributed by atoms with Gasteiger partial charge in [0.25, 0.3) is 0 Å². The molecule has 1 aliphatic carbocycles. The van der Waals surface area contributed by atoms with Crippen molar-refractivity contribution in [2.75, 3.05) is 25.1 Å².